The number of amides is 1. The first-order valence-electron chi connectivity index (χ1n) is 11.4. The summed E-state index contributed by atoms with van der Waals surface area (Å²) >= 11 is 0. The van der Waals surface area contributed by atoms with Crippen LogP contribution in [0.5, 0.6) is 0 Å². The Labute approximate surface area is 187 Å². The van der Waals surface area contributed by atoms with Crippen molar-refractivity contribution in [2.24, 2.45) is 0 Å². The van der Waals surface area contributed by atoms with E-state index in [0.717, 1.165) is 56.4 Å². The summed E-state index contributed by atoms with van der Waals surface area (Å²) in [6.07, 6.45) is 3.72. The van der Waals surface area contributed by atoms with E-state index >= 15 is 0 Å². The highest BCUT2D eigenvalue weighted by atomic mass is 16.2. The van der Waals surface area contributed by atoms with Crippen LogP contribution in [0.25, 0.3) is 0 Å². The van der Waals surface area contributed by atoms with Crippen LogP contribution in [-0.4, -0.2) is 94.9 Å². The van der Waals surface area contributed by atoms with Gasteiger partial charge in [-0.1, -0.05) is 0 Å². The Morgan fingerprint density at radius 3 is 2.06 bits per heavy atom. The summed E-state index contributed by atoms with van der Waals surface area (Å²) in [4.78, 5) is 37.9. The van der Waals surface area contributed by atoms with Gasteiger partial charge in [0.05, 0.1) is 12.0 Å². The maximum atomic E-state index is 12.7. The van der Waals surface area contributed by atoms with Gasteiger partial charge in [0.25, 0.3) is 5.56 Å². The molecule has 3 aliphatic rings. The third-order valence-electron chi connectivity index (χ3n) is 6.62. The number of hydrogen-bond acceptors (Lipinski definition) is 8. The van der Waals surface area contributed by atoms with E-state index in [9.17, 15) is 9.59 Å². The number of hydrogen-bond donors (Lipinski definition) is 0. The summed E-state index contributed by atoms with van der Waals surface area (Å²) in [6.45, 7) is 6.63. The zero-order valence-electron chi connectivity index (χ0n) is 18.6. The molecule has 10 nitrogen and oxygen atoms in total. The predicted molar refractivity (Wildman–Crippen MR) is 121 cm³/mol. The van der Waals surface area contributed by atoms with Crippen molar-refractivity contribution in [2.75, 3.05) is 69.2 Å². The zero-order chi connectivity index (χ0) is 22.1. The molecule has 0 radical (unpaired) electrons. The lowest BCUT2D eigenvalue weighted by molar-refractivity contribution is -0.132. The maximum absolute atomic E-state index is 12.7. The minimum Gasteiger partial charge on any atom is -0.353 e. The molecule has 0 unspecified atom stereocenters. The molecule has 32 heavy (non-hydrogen) atoms. The van der Waals surface area contributed by atoms with Crippen LogP contribution in [0.4, 0.5) is 11.6 Å². The Hall–Kier alpha value is -3.01. The molecule has 0 atom stereocenters. The van der Waals surface area contributed by atoms with Crippen molar-refractivity contribution in [2.45, 2.75) is 25.3 Å². The normalized spacial score (nSPS) is 20.0. The molecule has 2 aromatic heterocycles. The first kappa shape index (κ1) is 20.9. The summed E-state index contributed by atoms with van der Waals surface area (Å²) < 4.78 is 1.41. The van der Waals surface area contributed by atoms with Gasteiger partial charge in [-0.2, -0.15) is 0 Å². The van der Waals surface area contributed by atoms with Crippen molar-refractivity contribution >= 4 is 17.5 Å². The maximum Gasteiger partial charge on any atom is 0.254 e. The Morgan fingerprint density at radius 1 is 0.938 bits per heavy atom. The van der Waals surface area contributed by atoms with E-state index in [1.54, 1.807) is 6.07 Å². The van der Waals surface area contributed by atoms with Gasteiger partial charge >= 0.3 is 0 Å². The summed E-state index contributed by atoms with van der Waals surface area (Å²) in [6, 6.07) is 5.63. The molecule has 170 valence electrons. The van der Waals surface area contributed by atoms with E-state index in [2.05, 4.69) is 36.9 Å². The largest absolute Gasteiger partial charge is 0.353 e. The number of aromatic nitrogens is 4. The van der Waals surface area contributed by atoms with Gasteiger partial charge in [0.15, 0.2) is 11.6 Å². The average molecular weight is 439 g/mol. The van der Waals surface area contributed by atoms with Crippen LogP contribution < -0.4 is 15.4 Å². The third kappa shape index (κ3) is 4.59. The fourth-order valence-electron chi connectivity index (χ4n) is 4.28. The summed E-state index contributed by atoms with van der Waals surface area (Å²) in [7, 11) is 2.14. The van der Waals surface area contributed by atoms with Crippen molar-refractivity contribution in [3.8, 4) is 0 Å². The van der Waals surface area contributed by atoms with E-state index in [-0.39, 0.29) is 18.0 Å². The molecule has 5 rings (SSSR count). The molecule has 1 saturated carbocycles. The van der Waals surface area contributed by atoms with Crippen molar-refractivity contribution in [1.29, 1.82) is 0 Å². The van der Waals surface area contributed by atoms with E-state index < -0.39 is 0 Å². The van der Waals surface area contributed by atoms with Crippen LogP contribution in [0.15, 0.2) is 29.3 Å². The monoisotopic (exact) mass is 438 g/mol. The number of piperazine rings is 2. The van der Waals surface area contributed by atoms with E-state index in [1.165, 1.54) is 10.9 Å². The Kier molecular flexibility index (Phi) is 5.77. The summed E-state index contributed by atoms with van der Waals surface area (Å²) in [5.74, 6) is 2.14. The minimum atomic E-state index is -0.149. The highest BCUT2D eigenvalue weighted by Gasteiger charge is 2.26. The summed E-state index contributed by atoms with van der Waals surface area (Å²) in [5, 5.41) is 8.87. The van der Waals surface area contributed by atoms with E-state index in [4.69, 9.17) is 0 Å². The second-order valence-electron chi connectivity index (χ2n) is 8.96. The number of rotatable bonds is 5. The minimum absolute atomic E-state index is 0.0380. The standard InChI is InChI=1S/C22H30N8O2/c1-26-6-8-27(9-7-26)19-4-5-20(25-24-19)28-10-12-29(13-11-28)22(32)15-30-16-23-18(14-21(30)31)17-2-3-17/h4-5,14,16-17H,2-3,6-13,15H2,1H3. The van der Waals surface area contributed by atoms with Gasteiger partial charge in [-0.15, -0.1) is 10.2 Å². The van der Waals surface area contributed by atoms with Gasteiger partial charge in [-0.05, 0) is 32.0 Å². The van der Waals surface area contributed by atoms with Crippen molar-refractivity contribution in [3.63, 3.8) is 0 Å². The van der Waals surface area contributed by atoms with Gasteiger partial charge < -0.3 is 19.6 Å². The van der Waals surface area contributed by atoms with Gasteiger partial charge in [-0.3, -0.25) is 14.2 Å². The van der Waals surface area contributed by atoms with Gasteiger partial charge in [0.1, 0.15) is 6.54 Å². The molecule has 3 fully saturated rings. The molecule has 2 aliphatic heterocycles. The third-order valence-corrected chi connectivity index (χ3v) is 6.62. The molecule has 0 aromatic carbocycles. The Bertz CT molecular complexity index is 1000. The molecular formula is C22H30N8O2. The lowest BCUT2D eigenvalue weighted by atomic mass is 10.3. The number of anilines is 2. The number of carbonyl (C=O) groups excluding carboxylic acids is 1. The first-order chi connectivity index (χ1) is 15.6. The molecule has 4 heterocycles. The number of carbonyl (C=O) groups is 1. The topological polar surface area (TPSA) is 90.7 Å². The van der Waals surface area contributed by atoms with Crippen LogP contribution in [0.1, 0.15) is 24.5 Å². The fourth-order valence-corrected chi connectivity index (χ4v) is 4.28. The van der Waals surface area contributed by atoms with E-state index in [0.29, 0.717) is 32.1 Å². The second kappa shape index (κ2) is 8.85. The van der Waals surface area contributed by atoms with Crippen LogP contribution in [-0.2, 0) is 11.3 Å². The first-order valence-corrected chi connectivity index (χ1v) is 11.4. The SMILES string of the molecule is CN1CCN(c2ccc(N3CCN(C(=O)Cn4cnc(C5CC5)cc4=O)CC3)nn2)CC1. The molecule has 1 amide bonds. The predicted octanol–water partition coefficient (Wildman–Crippen LogP) is 0.0113. The van der Waals surface area contributed by atoms with Gasteiger partial charge in [0, 0.05) is 64.3 Å². The van der Waals surface area contributed by atoms with Crippen LogP contribution in [0.3, 0.4) is 0 Å². The van der Waals surface area contributed by atoms with Gasteiger partial charge in [0.2, 0.25) is 5.91 Å². The zero-order valence-corrected chi connectivity index (χ0v) is 18.6. The molecule has 0 spiro atoms. The molecular weight excluding hydrogens is 408 g/mol. The molecule has 10 heteroatoms. The van der Waals surface area contributed by atoms with Crippen molar-refractivity contribution < 1.29 is 4.79 Å². The summed E-state index contributed by atoms with van der Waals surface area (Å²) in [5.41, 5.74) is 0.705. The highest BCUT2D eigenvalue weighted by molar-refractivity contribution is 5.76. The lowest BCUT2D eigenvalue weighted by Gasteiger charge is -2.36. The van der Waals surface area contributed by atoms with Crippen LogP contribution in [0.2, 0.25) is 0 Å². The van der Waals surface area contributed by atoms with Crippen LogP contribution in [0, 0.1) is 0 Å². The lowest BCUT2D eigenvalue weighted by Crippen LogP contribution is -2.50. The van der Waals surface area contributed by atoms with Crippen molar-refractivity contribution in [3.05, 3.63) is 40.6 Å². The fraction of sp³-hybridized carbons (Fsp3) is 0.591. The average Bonchev–Trinajstić information content (AvgIpc) is 3.67. The molecule has 1 aliphatic carbocycles. The second-order valence-corrected chi connectivity index (χ2v) is 8.96. The quantitative estimate of drug-likeness (QED) is 0.645. The molecule has 2 saturated heterocycles. The Balaban J connectivity index is 1.14. The highest BCUT2D eigenvalue weighted by Crippen LogP contribution is 2.38. The molecule has 0 bridgehead atoms. The van der Waals surface area contributed by atoms with Crippen LogP contribution >= 0.6 is 0 Å². The number of likely N-dealkylation sites (N-methyl/N-ethyl adjacent to an activating group) is 1. The number of nitrogens with zero attached hydrogens (tertiary/aromatic N) is 8. The smallest absolute Gasteiger partial charge is 0.254 e. The Morgan fingerprint density at radius 2 is 1.53 bits per heavy atom. The van der Waals surface area contributed by atoms with E-state index in [1.807, 2.05) is 17.0 Å². The molecule has 2 aromatic rings. The van der Waals surface area contributed by atoms with Crippen molar-refractivity contribution in [1.82, 2.24) is 29.5 Å². The van der Waals surface area contributed by atoms with Gasteiger partial charge in [-0.25, -0.2) is 4.98 Å². The molecule has 0 N–H and O–H groups in total.